The van der Waals surface area contributed by atoms with Gasteiger partial charge in [0.2, 0.25) is 0 Å². The topological polar surface area (TPSA) is 30.3 Å². The summed E-state index contributed by atoms with van der Waals surface area (Å²) in [5, 5.41) is 9.02. The fourth-order valence-corrected chi connectivity index (χ4v) is 3.87. The molecule has 3 heteroatoms. The average molecular weight is 328 g/mol. The number of rotatable bonds is 7. The fourth-order valence-electron chi connectivity index (χ4n) is 3.87. The Morgan fingerprint density at radius 1 is 1.29 bits per heavy atom. The Morgan fingerprint density at radius 2 is 2.00 bits per heavy atom. The smallest absolute Gasteiger partial charge is 0.0652 e. The van der Waals surface area contributed by atoms with Gasteiger partial charge >= 0.3 is 0 Å². The molecule has 4 atom stereocenters. The minimum atomic E-state index is 0.164. The van der Waals surface area contributed by atoms with Crippen LogP contribution in [-0.2, 0) is 6.54 Å². The second kappa shape index (κ2) is 9.20. The molecule has 0 aromatic heterocycles. The first-order chi connectivity index (χ1) is 11.5. The number of hydrogen-bond acceptors (Lipinski definition) is 3. The monoisotopic (exact) mass is 327 g/mol. The molecule has 1 aromatic rings. The van der Waals surface area contributed by atoms with Gasteiger partial charge in [-0.3, -0.25) is 4.90 Å². The molecule has 4 unspecified atom stereocenters. The van der Waals surface area contributed by atoms with Crippen LogP contribution in [0.15, 0.2) is 30.3 Å². The Bertz CT molecular complexity index is 522. The molecule has 3 nitrogen and oxygen atoms in total. The highest BCUT2D eigenvalue weighted by molar-refractivity contribution is 5.14. The quantitative estimate of drug-likeness (QED) is 0.753. The number of hydrogen-bond donors (Lipinski definition) is 0. The van der Waals surface area contributed by atoms with E-state index in [1.165, 1.54) is 18.5 Å². The Labute approximate surface area is 148 Å². The van der Waals surface area contributed by atoms with Gasteiger partial charge in [0.1, 0.15) is 0 Å². The van der Waals surface area contributed by atoms with Gasteiger partial charge < -0.3 is 4.90 Å². The molecule has 24 heavy (non-hydrogen) atoms. The largest absolute Gasteiger partial charge is 0.303 e. The first kappa shape index (κ1) is 19.0. The summed E-state index contributed by atoms with van der Waals surface area (Å²) in [4.78, 5) is 5.16. The van der Waals surface area contributed by atoms with E-state index in [9.17, 15) is 0 Å². The maximum Gasteiger partial charge on any atom is 0.0652 e. The van der Waals surface area contributed by atoms with Crippen LogP contribution in [-0.4, -0.2) is 42.0 Å². The summed E-state index contributed by atoms with van der Waals surface area (Å²) < 4.78 is 0. The summed E-state index contributed by atoms with van der Waals surface area (Å²) in [5.74, 6) is 0.848. The predicted molar refractivity (Wildman–Crippen MR) is 101 cm³/mol. The van der Waals surface area contributed by atoms with Gasteiger partial charge in [-0.2, -0.15) is 5.26 Å². The van der Waals surface area contributed by atoms with Gasteiger partial charge in [0.05, 0.1) is 6.07 Å². The molecule has 0 bridgehead atoms. The highest BCUT2D eigenvalue weighted by Crippen LogP contribution is 2.27. The predicted octanol–water partition coefficient (Wildman–Crippen LogP) is 4.16. The van der Waals surface area contributed by atoms with Crippen molar-refractivity contribution in [2.75, 3.05) is 20.1 Å². The van der Waals surface area contributed by atoms with Crippen molar-refractivity contribution in [2.45, 2.75) is 58.7 Å². The molecular weight excluding hydrogens is 294 g/mol. The second-order valence-corrected chi connectivity index (χ2v) is 7.70. The lowest BCUT2D eigenvalue weighted by molar-refractivity contribution is 0.0398. The zero-order valence-electron chi connectivity index (χ0n) is 15.8. The van der Waals surface area contributed by atoms with Gasteiger partial charge in [-0.1, -0.05) is 37.3 Å². The fraction of sp³-hybridized carbons (Fsp3) is 0.667. The molecule has 0 saturated carbocycles. The Kier molecular flexibility index (Phi) is 7.27. The van der Waals surface area contributed by atoms with Crippen LogP contribution in [0.3, 0.4) is 0 Å². The van der Waals surface area contributed by atoms with Crippen molar-refractivity contribution >= 4 is 0 Å². The lowest BCUT2D eigenvalue weighted by Gasteiger charge is -2.45. The van der Waals surface area contributed by atoms with Crippen molar-refractivity contribution in [3.63, 3.8) is 0 Å². The number of likely N-dealkylation sites (tertiary alicyclic amines) is 1. The molecule has 1 heterocycles. The number of nitriles is 1. The molecule has 1 saturated heterocycles. The summed E-state index contributed by atoms with van der Waals surface area (Å²) in [5.41, 5.74) is 1.39. The van der Waals surface area contributed by atoms with E-state index in [0.29, 0.717) is 18.0 Å². The average Bonchev–Trinajstić information content (AvgIpc) is 2.58. The molecule has 2 rings (SSSR count). The van der Waals surface area contributed by atoms with Gasteiger partial charge in [-0.25, -0.2) is 0 Å². The standard InChI is InChI=1S/C21H33N3/c1-17(14-22)9-8-12-24(16-20-10-6-5-7-11-20)21-13-19(3)23(4)15-18(21)2/h5-7,10-11,17-19,21H,8-9,12-13,15-16H2,1-4H3. The van der Waals surface area contributed by atoms with Crippen molar-refractivity contribution in [3.8, 4) is 6.07 Å². The van der Waals surface area contributed by atoms with E-state index in [1.807, 2.05) is 6.92 Å². The van der Waals surface area contributed by atoms with Crippen molar-refractivity contribution in [2.24, 2.45) is 11.8 Å². The van der Waals surface area contributed by atoms with Crippen LogP contribution >= 0.6 is 0 Å². The zero-order chi connectivity index (χ0) is 17.5. The van der Waals surface area contributed by atoms with Gasteiger partial charge in [-0.05, 0) is 58.2 Å². The molecule has 0 amide bonds. The van der Waals surface area contributed by atoms with Crippen LogP contribution < -0.4 is 0 Å². The lowest BCUT2D eigenvalue weighted by Crippen LogP contribution is -2.52. The van der Waals surface area contributed by atoms with E-state index in [4.69, 9.17) is 5.26 Å². The summed E-state index contributed by atoms with van der Waals surface area (Å²) in [6.45, 7) is 10.0. The van der Waals surface area contributed by atoms with Gasteiger partial charge in [-0.15, -0.1) is 0 Å². The number of nitrogens with zero attached hydrogens (tertiary/aromatic N) is 3. The van der Waals surface area contributed by atoms with Crippen LogP contribution in [0.2, 0.25) is 0 Å². The van der Waals surface area contributed by atoms with Gasteiger partial charge in [0, 0.05) is 31.1 Å². The third-order valence-electron chi connectivity index (χ3n) is 5.57. The molecule has 0 aliphatic carbocycles. The Morgan fingerprint density at radius 3 is 2.67 bits per heavy atom. The van der Waals surface area contributed by atoms with Crippen LogP contribution in [0.25, 0.3) is 0 Å². The van der Waals surface area contributed by atoms with Crippen LogP contribution in [0.5, 0.6) is 0 Å². The number of piperidine rings is 1. The maximum atomic E-state index is 9.02. The number of benzene rings is 1. The lowest BCUT2D eigenvalue weighted by atomic mass is 9.88. The third kappa shape index (κ3) is 5.33. The van der Waals surface area contributed by atoms with Crippen LogP contribution in [0, 0.1) is 23.2 Å². The minimum Gasteiger partial charge on any atom is -0.303 e. The maximum absolute atomic E-state index is 9.02. The second-order valence-electron chi connectivity index (χ2n) is 7.70. The Hall–Kier alpha value is -1.37. The highest BCUT2D eigenvalue weighted by Gasteiger charge is 2.32. The first-order valence-electron chi connectivity index (χ1n) is 9.39. The van der Waals surface area contributed by atoms with Crippen molar-refractivity contribution in [1.29, 1.82) is 5.26 Å². The van der Waals surface area contributed by atoms with E-state index >= 15 is 0 Å². The van der Waals surface area contributed by atoms with Crippen LogP contribution in [0.1, 0.15) is 45.6 Å². The third-order valence-corrected chi connectivity index (χ3v) is 5.57. The van der Waals surface area contributed by atoms with E-state index in [0.717, 1.165) is 25.9 Å². The molecule has 0 radical (unpaired) electrons. The van der Waals surface area contributed by atoms with Crippen molar-refractivity contribution in [3.05, 3.63) is 35.9 Å². The molecule has 1 fully saturated rings. The van der Waals surface area contributed by atoms with Crippen molar-refractivity contribution in [1.82, 2.24) is 9.80 Å². The van der Waals surface area contributed by atoms with E-state index in [1.54, 1.807) is 0 Å². The van der Waals surface area contributed by atoms with E-state index in [2.05, 4.69) is 67.1 Å². The minimum absolute atomic E-state index is 0.164. The molecule has 1 aliphatic heterocycles. The zero-order valence-corrected chi connectivity index (χ0v) is 15.8. The molecular formula is C21H33N3. The molecule has 1 aliphatic rings. The summed E-state index contributed by atoms with van der Waals surface area (Å²) in [7, 11) is 2.24. The normalized spacial score (nSPS) is 26.2. The molecule has 132 valence electrons. The summed E-state index contributed by atoms with van der Waals surface area (Å²) in [6.07, 6.45) is 3.34. The molecule has 0 N–H and O–H groups in total. The van der Waals surface area contributed by atoms with Gasteiger partial charge in [0.25, 0.3) is 0 Å². The highest BCUT2D eigenvalue weighted by atomic mass is 15.2. The summed E-state index contributed by atoms with van der Waals surface area (Å²) in [6, 6.07) is 14.4. The summed E-state index contributed by atoms with van der Waals surface area (Å²) >= 11 is 0. The molecule has 1 aromatic carbocycles. The van der Waals surface area contributed by atoms with E-state index in [-0.39, 0.29) is 5.92 Å². The molecule has 0 spiro atoms. The van der Waals surface area contributed by atoms with Crippen LogP contribution in [0.4, 0.5) is 0 Å². The van der Waals surface area contributed by atoms with E-state index < -0.39 is 0 Å². The Balaban J connectivity index is 2.05. The van der Waals surface area contributed by atoms with Crippen molar-refractivity contribution < 1.29 is 0 Å². The SMILES string of the molecule is CC(C#N)CCCN(Cc1ccccc1)C1CC(C)N(C)CC1C. The first-order valence-corrected chi connectivity index (χ1v) is 9.39. The van der Waals surface area contributed by atoms with Gasteiger partial charge in [0.15, 0.2) is 0 Å².